The van der Waals surface area contributed by atoms with Crippen LogP contribution in [0.4, 0.5) is 5.69 Å². The van der Waals surface area contributed by atoms with Gasteiger partial charge in [0.2, 0.25) is 0 Å². The average Bonchev–Trinajstić information content (AvgIpc) is 2.65. The molecule has 1 aliphatic carbocycles. The molecule has 0 unspecified atom stereocenters. The molecule has 100 valence electrons. The molecule has 1 saturated carbocycles. The number of carbonyl (C=O) groups excluding carboxylic acids is 1. The second kappa shape index (κ2) is 5.02. The number of aliphatic hydroxyl groups is 1. The van der Waals surface area contributed by atoms with Crippen LogP contribution in [0.5, 0.6) is 0 Å². The van der Waals surface area contributed by atoms with Crippen LogP contribution < -0.4 is 11.1 Å². The summed E-state index contributed by atoms with van der Waals surface area (Å²) in [5.41, 5.74) is 6.19. The summed E-state index contributed by atoms with van der Waals surface area (Å²) in [6.07, 6.45) is 5.29. The van der Waals surface area contributed by atoms with Crippen LogP contribution in [0.25, 0.3) is 0 Å². The number of nitrogens with one attached hydrogen (secondary N) is 1. The Labute approximate surface area is 107 Å². The second-order valence-electron chi connectivity index (χ2n) is 5.11. The molecule has 4 N–H and O–H groups in total. The van der Waals surface area contributed by atoms with Crippen LogP contribution >= 0.6 is 0 Å². The summed E-state index contributed by atoms with van der Waals surface area (Å²) in [4.78, 5) is 12.0. The van der Waals surface area contributed by atoms with Crippen LogP contribution in [-0.4, -0.2) is 27.7 Å². The Morgan fingerprint density at radius 2 is 2.33 bits per heavy atom. The Hall–Kier alpha value is -1.49. The highest BCUT2D eigenvalue weighted by Crippen LogP contribution is 2.30. The van der Waals surface area contributed by atoms with Crippen LogP contribution in [0.15, 0.2) is 12.3 Å². The van der Waals surface area contributed by atoms with Crippen molar-refractivity contribution in [3.05, 3.63) is 18.0 Å². The molecular weight excluding hydrogens is 230 g/mol. The van der Waals surface area contributed by atoms with Crippen molar-refractivity contribution >= 4 is 11.6 Å². The minimum absolute atomic E-state index is 0.166. The zero-order valence-corrected chi connectivity index (χ0v) is 10.8. The van der Waals surface area contributed by atoms with Crippen molar-refractivity contribution in [2.24, 2.45) is 0 Å². The van der Waals surface area contributed by atoms with Gasteiger partial charge in [0.05, 0.1) is 11.3 Å². The third-order valence-electron chi connectivity index (χ3n) is 3.48. The molecule has 0 spiro atoms. The highest BCUT2D eigenvalue weighted by molar-refractivity contribution is 5.93. The second-order valence-corrected chi connectivity index (χ2v) is 5.11. The molecule has 0 bridgehead atoms. The van der Waals surface area contributed by atoms with Gasteiger partial charge in [0, 0.05) is 19.3 Å². The zero-order valence-electron chi connectivity index (χ0n) is 10.8. The Bertz CT molecular complexity index is 435. The van der Waals surface area contributed by atoms with Gasteiger partial charge in [0.15, 0.2) is 0 Å². The van der Waals surface area contributed by atoms with Crippen LogP contribution in [0.3, 0.4) is 0 Å². The van der Waals surface area contributed by atoms with Gasteiger partial charge in [-0.2, -0.15) is 0 Å². The van der Waals surface area contributed by atoms with E-state index in [0.29, 0.717) is 17.9 Å². The molecule has 0 saturated heterocycles. The van der Waals surface area contributed by atoms with Gasteiger partial charge in [-0.3, -0.25) is 4.79 Å². The third kappa shape index (κ3) is 2.67. The fourth-order valence-corrected chi connectivity index (χ4v) is 2.25. The van der Waals surface area contributed by atoms with Gasteiger partial charge in [-0.05, 0) is 31.7 Å². The van der Waals surface area contributed by atoms with Crippen molar-refractivity contribution in [1.82, 2.24) is 9.88 Å². The lowest BCUT2D eigenvalue weighted by Gasteiger charge is -2.36. The van der Waals surface area contributed by atoms with Crippen LogP contribution in [0.1, 0.15) is 43.1 Å². The van der Waals surface area contributed by atoms with Gasteiger partial charge in [-0.1, -0.05) is 6.92 Å². The predicted molar refractivity (Wildman–Crippen MR) is 70.3 cm³/mol. The molecule has 1 aromatic rings. The first-order valence-corrected chi connectivity index (χ1v) is 6.50. The maximum atomic E-state index is 12.0. The third-order valence-corrected chi connectivity index (χ3v) is 3.48. The average molecular weight is 251 g/mol. The topological polar surface area (TPSA) is 80.3 Å². The Morgan fingerprint density at radius 1 is 1.61 bits per heavy atom. The van der Waals surface area contributed by atoms with Crippen molar-refractivity contribution < 1.29 is 9.90 Å². The molecule has 1 aromatic heterocycles. The van der Waals surface area contributed by atoms with Gasteiger partial charge >= 0.3 is 0 Å². The lowest BCUT2D eigenvalue weighted by Crippen LogP contribution is -2.48. The number of nitrogen functional groups attached to an aromatic ring is 1. The molecule has 1 aliphatic rings. The van der Waals surface area contributed by atoms with Crippen LogP contribution in [0, 0.1) is 0 Å². The highest BCUT2D eigenvalue weighted by Gasteiger charge is 2.34. The van der Waals surface area contributed by atoms with Crippen molar-refractivity contribution in [2.45, 2.75) is 44.8 Å². The van der Waals surface area contributed by atoms with Gasteiger partial charge < -0.3 is 20.7 Å². The molecule has 2 rings (SSSR count). The molecule has 0 aliphatic heterocycles. The van der Waals surface area contributed by atoms with E-state index in [4.69, 9.17) is 5.73 Å². The van der Waals surface area contributed by atoms with Crippen molar-refractivity contribution in [1.29, 1.82) is 0 Å². The maximum Gasteiger partial charge on any atom is 0.268 e. The monoisotopic (exact) mass is 251 g/mol. The number of nitrogens with two attached hydrogens (primary N) is 1. The summed E-state index contributed by atoms with van der Waals surface area (Å²) < 4.78 is 1.86. The molecule has 5 nitrogen and oxygen atoms in total. The molecule has 0 atom stereocenters. The number of anilines is 1. The zero-order chi connectivity index (χ0) is 13.2. The molecular formula is C13H21N3O2. The minimum atomic E-state index is -0.691. The molecule has 1 fully saturated rings. The molecule has 1 heterocycles. The van der Waals surface area contributed by atoms with Gasteiger partial charge in [0.1, 0.15) is 5.69 Å². The fraction of sp³-hybridized carbons (Fsp3) is 0.615. The molecule has 18 heavy (non-hydrogen) atoms. The molecule has 1 amide bonds. The first kappa shape index (κ1) is 13.0. The SMILES string of the molecule is CCCn1cc(N)cc1C(=O)NCC1(O)CCC1. The van der Waals surface area contributed by atoms with E-state index in [1.54, 1.807) is 12.3 Å². The van der Waals surface area contributed by atoms with Crippen LogP contribution in [0.2, 0.25) is 0 Å². The van der Waals surface area contributed by atoms with E-state index in [0.717, 1.165) is 32.2 Å². The largest absolute Gasteiger partial charge is 0.397 e. The number of rotatable bonds is 5. The predicted octanol–water partition coefficient (Wildman–Crippen LogP) is 1.13. The van der Waals surface area contributed by atoms with E-state index >= 15 is 0 Å². The Kier molecular flexibility index (Phi) is 3.61. The summed E-state index contributed by atoms with van der Waals surface area (Å²) in [5, 5.41) is 12.7. The molecule has 0 aromatic carbocycles. The first-order valence-electron chi connectivity index (χ1n) is 6.50. The lowest BCUT2D eigenvalue weighted by molar-refractivity contribution is -0.0301. The number of aromatic nitrogens is 1. The summed E-state index contributed by atoms with van der Waals surface area (Å²) in [7, 11) is 0. The number of hydrogen-bond acceptors (Lipinski definition) is 3. The maximum absolute atomic E-state index is 12.0. The summed E-state index contributed by atoms with van der Waals surface area (Å²) in [5.74, 6) is -0.166. The number of aryl methyl sites for hydroxylation is 1. The van der Waals surface area contributed by atoms with E-state index in [-0.39, 0.29) is 5.91 Å². The minimum Gasteiger partial charge on any atom is -0.397 e. The van der Waals surface area contributed by atoms with Crippen molar-refractivity contribution in [2.75, 3.05) is 12.3 Å². The van der Waals surface area contributed by atoms with Crippen LogP contribution in [-0.2, 0) is 6.54 Å². The lowest BCUT2D eigenvalue weighted by atomic mass is 9.80. The number of hydrogen-bond donors (Lipinski definition) is 3. The summed E-state index contributed by atoms with van der Waals surface area (Å²) in [6.45, 7) is 3.14. The number of nitrogens with zero attached hydrogens (tertiary/aromatic N) is 1. The summed E-state index contributed by atoms with van der Waals surface area (Å²) in [6, 6.07) is 1.68. The summed E-state index contributed by atoms with van der Waals surface area (Å²) >= 11 is 0. The normalized spacial score (nSPS) is 17.2. The fourth-order valence-electron chi connectivity index (χ4n) is 2.25. The van der Waals surface area contributed by atoms with Gasteiger partial charge in [-0.15, -0.1) is 0 Å². The van der Waals surface area contributed by atoms with Crippen molar-refractivity contribution in [3.8, 4) is 0 Å². The van der Waals surface area contributed by atoms with Gasteiger partial charge in [0.25, 0.3) is 5.91 Å². The van der Waals surface area contributed by atoms with E-state index in [2.05, 4.69) is 12.2 Å². The first-order chi connectivity index (χ1) is 8.54. The van der Waals surface area contributed by atoms with Gasteiger partial charge in [-0.25, -0.2) is 0 Å². The standard InChI is InChI=1S/C13H21N3O2/c1-2-6-16-8-10(14)7-11(16)12(17)15-9-13(18)4-3-5-13/h7-8,18H,2-6,9,14H2,1H3,(H,15,17). The van der Waals surface area contributed by atoms with E-state index < -0.39 is 5.60 Å². The smallest absolute Gasteiger partial charge is 0.268 e. The van der Waals surface area contributed by atoms with Crippen molar-refractivity contribution in [3.63, 3.8) is 0 Å². The van der Waals surface area contributed by atoms with E-state index in [9.17, 15) is 9.90 Å². The number of amides is 1. The molecule has 0 radical (unpaired) electrons. The van der Waals surface area contributed by atoms with E-state index in [1.807, 2.05) is 4.57 Å². The Morgan fingerprint density at radius 3 is 2.89 bits per heavy atom. The highest BCUT2D eigenvalue weighted by atomic mass is 16.3. The quantitative estimate of drug-likeness (QED) is 0.733. The molecule has 5 heteroatoms. The number of carbonyl (C=O) groups is 1. The van der Waals surface area contributed by atoms with E-state index in [1.165, 1.54) is 0 Å². The Balaban J connectivity index is 1.99.